The number of carbonyl (C=O) groups is 2. The largest absolute Gasteiger partial charge is 0.459 e. The van der Waals surface area contributed by atoms with Crippen LogP contribution < -0.4 is 16.4 Å². The Balaban J connectivity index is 2.11. The summed E-state index contributed by atoms with van der Waals surface area (Å²) in [4.78, 5) is 23.9. The highest BCUT2D eigenvalue weighted by molar-refractivity contribution is 6.02. The number of nitrogens with two attached hydrogens (primary N) is 1. The topological polar surface area (TPSA) is 97.4 Å². The molecule has 0 radical (unpaired) electrons. The molecule has 0 spiro atoms. The first kappa shape index (κ1) is 16.8. The van der Waals surface area contributed by atoms with E-state index in [1.54, 1.807) is 24.3 Å². The van der Waals surface area contributed by atoms with E-state index < -0.39 is 0 Å². The first-order valence-corrected chi connectivity index (χ1v) is 7.61. The maximum absolute atomic E-state index is 12.0. The molecule has 6 heteroatoms. The zero-order chi connectivity index (χ0) is 16.7. The molecule has 0 bridgehead atoms. The van der Waals surface area contributed by atoms with Gasteiger partial charge in [-0.2, -0.15) is 0 Å². The van der Waals surface area contributed by atoms with E-state index in [2.05, 4.69) is 10.6 Å². The molecule has 0 fully saturated rings. The van der Waals surface area contributed by atoms with E-state index in [0.717, 1.165) is 12.0 Å². The fourth-order valence-corrected chi connectivity index (χ4v) is 2.15. The molecule has 23 heavy (non-hydrogen) atoms. The van der Waals surface area contributed by atoms with Gasteiger partial charge in [0.25, 0.3) is 5.91 Å². The van der Waals surface area contributed by atoms with Crippen molar-refractivity contribution < 1.29 is 14.0 Å². The third-order valence-corrected chi connectivity index (χ3v) is 3.38. The second-order valence-corrected chi connectivity index (χ2v) is 5.10. The van der Waals surface area contributed by atoms with E-state index in [1.807, 2.05) is 13.0 Å². The van der Waals surface area contributed by atoms with Gasteiger partial charge in [0.05, 0.1) is 6.26 Å². The average molecular weight is 315 g/mol. The minimum absolute atomic E-state index is 0.0836. The summed E-state index contributed by atoms with van der Waals surface area (Å²) in [5.41, 5.74) is 7.71. The summed E-state index contributed by atoms with van der Waals surface area (Å²) in [6.07, 6.45) is 3.24. The predicted octanol–water partition coefficient (Wildman–Crippen LogP) is 2.77. The number of benzene rings is 1. The number of amides is 2. The lowest BCUT2D eigenvalue weighted by Gasteiger charge is -2.12. The lowest BCUT2D eigenvalue weighted by Crippen LogP contribution is -2.15. The zero-order valence-corrected chi connectivity index (χ0v) is 13.1. The van der Waals surface area contributed by atoms with Gasteiger partial charge in [-0.15, -0.1) is 0 Å². The summed E-state index contributed by atoms with van der Waals surface area (Å²) in [5, 5.41) is 5.62. The van der Waals surface area contributed by atoms with Crippen LogP contribution in [-0.4, -0.2) is 18.4 Å². The third kappa shape index (κ3) is 4.69. The summed E-state index contributed by atoms with van der Waals surface area (Å²) in [6.45, 7) is 2.49. The van der Waals surface area contributed by atoms with Crippen LogP contribution in [0.25, 0.3) is 0 Å². The number of anilines is 2. The molecule has 0 saturated heterocycles. The maximum Gasteiger partial charge on any atom is 0.291 e. The fourth-order valence-electron chi connectivity index (χ4n) is 2.15. The number of rotatable bonds is 7. The molecule has 2 aromatic rings. The van der Waals surface area contributed by atoms with Crippen LogP contribution in [0.4, 0.5) is 11.4 Å². The van der Waals surface area contributed by atoms with Crippen molar-refractivity contribution >= 4 is 23.2 Å². The quantitative estimate of drug-likeness (QED) is 0.732. The van der Waals surface area contributed by atoms with Crippen molar-refractivity contribution in [1.29, 1.82) is 0 Å². The van der Waals surface area contributed by atoms with Crippen LogP contribution >= 0.6 is 0 Å². The van der Waals surface area contributed by atoms with Gasteiger partial charge in [-0.1, -0.05) is 13.0 Å². The number of nitrogens with one attached hydrogen (secondary N) is 2. The number of hydrogen-bond donors (Lipinski definition) is 3. The van der Waals surface area contributed by atoms with Gasteiger partial charge in [0, 0.05) is 17.8 Å². The Morgan fingerprint density at radius 3 is 2.70 bits per heavy atom. The predicted molar refractivity (Wildman–Crippen MR) is 89.4 cm³/mol. The normalized spacial score (nSPS) is 10.3. The first-order valence-electron chi connectivity index (χ1n) is 7.61. The van der Waals surface area contributed by atoms with Gasteiger partial charge >= 0.3 is 0 Å². The number of furan rings is 1. The Hall–Kier alpha value is -2.60. The van der Waals surface area contributed by atoms with Crippen molar-refractivity contribution in [1.82, 2.24) is 0 Å². The molecule has 0 atom stereocenters. The molecular formula is C17H21N3O3. The van der Waals surface area contributed by atoms with E-state index >= 15 is 0 Å². The third-order valence-electron chi connectivity index (χ3n) is 3.38. The molecule has 0 aliphatic carbocycles. The number of aryl methyl sites for hydroxylation is 1. The highest BCUT2D eigenvalue weighted by Gasteiger charge is 2.11. The van der Waals surface area contributed by atoms with Crippen molar-refractivity contribution in [2.24, 2.45) is 5.73 Å². The van der Waals surface area contributed by atoms with E-state index in [-0.39, 0.29) is 17.6 Å². The standard InChI is InChI=1S/C17H21N3O3/c1-2-12-7-8-13(19-17(22)15-5-4-10-23-15)11-14(12)20-16(21)6-3-9-18/h4-5,7-8,10-11H,2-3,6,9,18H2,1H3,(H,19,22)(H,20,21). The van der Waals surface area contributed by atoms with E-state index in [0.29, 0.717) is 30.8 Å². The molecule has 4 N–H and O–H groups in total. The van der Waals surface area contributed by atoms with Crippen molar-refractivity contribution in [2.45, 2.75) is 26.2 Å². The highest BCUT2D eigenvalue weighted by Crippen LogP contribution is 2.22. The molecular weight excluding hydrogens is 294 g/mol. The monoisotopic (exact) mass is 315 g/mol. The van der Waals surface area contributed by atoms with Crippen molar-refractivity contribution in [3.05, 3.63) is 47.9 Å². The smallest absolute Gasteiger partial charge is 0.291 e. The van der Waals surface area contributed by atoms with E-state index in [4.69, 9.17) is 10.2 Å². The molecule has 0 aliphatic heterocycles. The Bertz CT molecular complexity index is 666. The average Bonchev–Trinajstić information content (AvgIpc) is 3.08. The van der Waals surface area contributed by atoms with Gasteiger partial charge in [-0.25, -0.2) is 0 Å². The molecule has 122 valence electrons. The number of hydrogen-bond acceptors (Lipinski definition) is 4. The number of carbonyl (C=O) groups excluding carboxylic acids is 2. The Morgan fingerprint density at radius 1 is 1.22 bits per heavy atom. The van der Waals surface area contributed by atoms with Crippen LogP contribution in [0.5, 0.6) is 0 Å². The van der Waals surface area contributed by atoms with Crippen molar-refractivity contribution in [2.75, 3.05) is 17.2 Å². The molecule has 2 amide bonds. The van der Waals surface area contributed by atoms with Crippen molar-refractivity contribution in [3.8, 4) is 0 Å². The van der Waals surface area contributed by atoms with E-state index in [1.165, 1.54) is 6.26 Å². The molecule has 6 nitrogen and oxygen atoms in total. The molecule has 2 rings (SSSR count). The Labute approximate surface area is 135 Å². The molecule has 0 aliphatic rings. The molecule has 1 aromatic heterocycles. The van der Waals surface area contributed by atoms with Gasteiger partial charge in [0.1, 0.15) is 0 Å². The van der Waals surface area contributed by atoms with Gasteiger partial charge in [0.15, 0.2) is 5.76 Å². The van der Waals surface area contributed by atoms with E-state index in [9.17, 15) is 9.59 Å². The van der Waals surface area contributed by atoms with Crippen LogP contribution in [0.15, 0.2) is 41.0 Å². The van der Waals surface area contributed by atoms with Crippen LogP contribution in [-0.2, 0) is 11.2 Å². The summed E-state index contributed by atoms with van der Waals surface area (Å²) >= 11 is 0. The van der Waals surface area contributed by atoms with Crippen molar-refractivity contribution in [3.63, 3.8) is 0 Å². The zero-order valence-electron chi connectivity index (χ0n) is 13.1. The molecule has 0 saturated carbocycles. The molecule has 1 heterocycles. The maximum atomic E-state index is 12.0. The van der Waals surface area contributed by atoms with Crippen LogP contribution in [0, 0.1) is 0 Å². The lowest BCUT2D eigenvalue weighted by atomic mass is 10.1. The second-order valence-electron chi connectivity index (χ2n) is 5.10. The van der Waals surface area contributed by atoms with Crippen LogP contribution in [0.3, 0.4) is 0 Å². The minimum Gasteiger partial charge on any atom is -0.459 e. The summed E-state index contributed by atoms with van der Waals surface area (Å²) in [5.74, 6) is -0.183. The van der Waals surface area contributed by atoms with Crippen LogP contribution in [0.1, 0.15) is 35.9 Å². The summed E-state index contributed by atoms with van der Waals surface area (Å²) < 4.78 is 5.06. The molecule has 0 unspecified atom stereocenters. The van der Waals surface area contributed by atoms with Gasteiger partial charge in [-0.05, 0) is 49.2 Å². The van der Waals surface area contributed by atoms with Gasteiger partial charge < -0.3 is 20.8 Å². The second kappa shape index (κ2) is 8.14. The summed E-state index contributed by atoms with van der Waals surface area (Å²) in [6, 6.07) is 8.68. The Morgan fingerprint density at radius 2 is 2.04 bits per heavy atom. The van der Waals surface area contributed by atoms with Gasteiger partial charge in [-0.3, -0.25) is 9.59 Å². The SMILES string of the molecule is CCc1ccc(NC(=O)c2ccco2)cc1NC(=O)CCCN. The van der Waals surface area contributed by atoms with Crippen LogP contribution in [0.2, 0.25) is 0 Å². The minimum atomic E-state index is -0.334. The Kier molecular flexibility index (Phi) is 5.94. The lowest BCUT2D eigenvalue weighted by molar-refractivity contribution is -0.116. The highest BCUT2D eigenvalue weighted by atomic mass is 16.3. The summed E-state index contributed by atoms with van der Waals surface area (Å²) in [7, 11) is 0. The molecule has 1 aromatic carbocycles. The van der Waals surface area contributed by atoms with Gasteiger partial charge in [0.2, 0.25) is 5.91 Å². The fraction of sp³-hybridized carbons (Fsp3) is 0.294. The first-order chi connectivity index (χ1) is 11.1.